The average Bonchev–Trinajstić information content (AvgIpc) is 2.35. The molecule has 0 aliphatic heterocycles. The third-order valence-electron chi connectivity index (χ3n) is 1.01. The van der Waals surface area contributed by atoms with E-state index in [1.54, 1.807) is 17.5 Å². The highest BCUT2D eigenvalue weighted by atomic mass is 32.1. The topological polar surface area (TPSA) is 69.6 Å². The van der Waals surface area contributed by atoms with Crippen molar-refractivity contribution in [2.75, 3.05) is 0 Å². The summed E-state index contributed by atoms with van der Waals surface area (Å²) in [5.74, 6) is -0.477. The normalized spacial score (nSPS) is 9.27. The number of carbonyl (C=O) groups excluding carboxylic acids is 1. The van der Waals surface area contributed by atoms with Gasteiger partial charge >= 0.3 is 7.25 Å². The van der Waals surface area contributed by atoms with Crippen molar-refractivity contribution in [2.24, 2.45) is 0 Å². The molecule has 4 nitrogen and oxygen atoms in total. The lowest BCUT2D eigenvalue weighted by atomic mass is 10.1. The highest BCUT2D eigenvalue weighted by Crippen LogP contribution is 2.07. The molecule has 0 atom stereocenters. The fourth-order valence-corrected chi connectivity index (χ4v) is 1.22. The molecule has 0 aliphatic rings. The first-order valence-corrected chi connectivity index (χ1v) is 3.78. The molecule has 0 fully saturated rings. The Morgan fingerprint density at radius 3 is 2.82 bits per heavy atom. The molecule has 0 bridgehead atoms. The van der Waals surface area contributed by atoms with Gasteiger partial charge in [0.05, 0.1) is 4.88 Å². The number of thiophene rings is 1. The Morgan fingerprint density at radius 1 is 1.64 bits per heavy atom. The molecule has 0 aromatic carbocycles. The van der Waals surface area contributed by atoms with Gasteiger partial charge in [0, 0.05) is 0 Å². The summed E-state index contributed by atoms with van der Waals surface area (Å²) in [5, 5.41) is 20.4. The van der Waals surface area contributed by atoms with Crippen LogP contribution in [0.4, 0.5) is 0 Å². The quantitative estimate of drug-likeness (QED) is 0.522. The highest BCUT2D eigenvalue weighted by molar-refractivity contribution is 7.12. The van der Waals surface area contributed by atoms with Gasteiger partial charge in [0.25, 0.3) is 5.91 Å². The fourth-order valence-electron chi connectivity index (χ4n) is 0.596. The van der Waals surface area contributed by atoms with Gasteiger partial charge in [0.2, 0.25) is 0 Å². The van der Waals surface area contributed by atoms with E-state index in [1.165, 1.54) is 11.3 Å². The van der Waals surface area contributed by atoms with Crippen molar-refractivity contribution in [1.29, 1.82) is 0 Å². The first-order valence-electron chi connectivity index (χ1n) is 2.90. The summed E-state index contributed by atoms with van der Waals surface area (Å²) in [7, 11) is -1.79. The second kappa shape index (κ2) is 3.52. The summed E-state index contributed by atoms with van der Waals surface area (Å²) < 4.78 is 0. The Balaban J connectivity index is 2.57. The van der Waals surface area contributed by atoms with E-state index in [0.29, 0.717) is 4.88 Å². The molecule has 0 saturated heterocycles. The van der Waals surface area contributed by atoms with Gasteiger partial charge in [-0.05, 0) is 11.4 Å². The largest absolute Gasteiger partial charge is 0.587 e. The molecule has 1 aromatic rings. The summed E-state index contributed by atoms with van der Waals surface area (Å²) in [6, 6.07) is 3.31. The predicted molar refractivity (Wildman–Crippen MR) is 42.0 cm³/mol. The first-order chi connectivity index (χ1) is 5.20. The van der Waals surface area contributed by atoms with Crippen molar-refractivity contribution >= 4 is 24.5 Å². The van der Waals surface area contributed by atoms with Crippen LogP contribution < -0.4 is 5.23 Å². The zero-order valence-corrected chi connectivity index (χ0v) is 6.34. The van der Waals surface area contributed by atoms with Crippen LogP contribution in [0, 0.1) is 0 Å². The SMILES string of the molecule is O=C(NB(O)O)c1cccs1. The average molecular weight is 171 g/mol. The van der Waals surface area contributed by atoms with Crippen LogP contribution in [0.2, 0.25) is 0 Å². The molecule has 1 rings (SSSR count). The van der Waals surface area contributed by atoms with E-state index in [1.807, 2.05) is 5.23 Å². The minimum atomic E-state index is -1.79. The van der Waals surface area contributed by atoms with Crippen LogP contribution in [0.3, 0.4) is 0 Å². The van der Waals surface area contributed by atoms with Crippen LogP contribution >= 0.6 is 11.3 Å². The molecule has 0 radical (unpaired) electrons. The summed E-state index contributed by atoms with van der Waals surface area (Å²) in [6.07, 6.45) is 0. The maximum Gasteiger partial charge on any atom is 0.587 e. The molecule has 11 heavy (non-hydrogen) atoms. The Kier molecular flexibility index (Phi) is 2.64. The van der Waals surface area contributed by atoms with Gasteiger partial charge in [-0.2, -0.15) is 0 Å². The van der Waals surface area contributed by atoms with Crippen LogP contribution in [-0.4, -0.2) is 23.2 Å². The maximum absolute atomic E-state index is 10.9. The van der Waals surface area contributed by atoms with E-state index in [4.69, 9.17) is 10.0 Å². The van der Waals surface area contributed by atoms with Crippen LogP contribution in [0.1, 0.15) is 9.67 Å². The zero-order chi connectivity index (χ0) is 8.27. The molecule has 1 amide bonds. The Labute approximate surface area is 67.7 Å². The monoisotopic (exact) mass is 171 g/mol. The van der Waals surface area contributed by atoms with Crippen LogP contribution in [-0.2, 0) is 0 Å². The number of hydrogen-bond acceptors (Lipinski definition) is 4. The van der Waals surface area contributed by atoms with Crippen molar-refractivity contribution in [3.8, 4) is 0 Å². The van der Waals surface area contributed by atoms with Gasteiger partial charge in [-0.25, -0.2) is 0 Å². The van der Waals surface area contributed by atoms with Crippen molar-refractivity contribution in [2.45, 2.75) is 0 Å². The number of hydrogen-bond donors (Lipinski definition) is 3. The zero-order valence-electron chi connectivity index (χ0n) is 5.52. The smallest absolute Gasteiger partial charge is 0.408 e. The van der Waals surface area contributed by atoms with Gasteiger partial charge in [0.15, 0.2) is 0 Å². The lowest BCUT2D eigenvalue weighted by Gasteiger charge is -1.98. The van der Waals surface area contributed by atoms with Gasteiger partial charge in [-0.3, -0.25) is 4.79 Å². The molecule has 0 aliphatic carbocycles. The molecule has 0 spiro atoms. The summed E-state index contributed by atoms with van der Waals surface area (Å²) in [6.45, 7) is 0. The van der Waals surface area contributed by atoms with E-state index >= 15 is 0 Å². The number of nitrogens with one attached hydrogen (secondary N) is 1. The van der Waals surface area contributed by atoms with E-state index in [9.17, 15) is 4.79 Å². The van der Waals surface area contributed by atoms with Crippen molar-refractivity contribution < 1.29 is 14.8 Å². The van der Waals surface area contributed by atoms with Crippen molar-refractivity contribution in [3.05, 3.63) is 22.4 Å². The Bertz CT molecular complexity index is 236. The second-order valence-corrected chi connectivity index (χ2v) is 2.77. The lowest BCUT2D eigenvalue weighted by Crippen LogP contribution is -2.38. The van der Waals surface area contributed by atoms with Gasteiger partial charge in [0.1, 0.15) is 0 Å². The number of rotatable bonds is 2. The number of carbonyl (C=O) groups is 1. The molecule has 1 heterocycles. The standard InChI is InChI=1S/C5H6BNO3S/c8-5(7-6(9)10)4-2-1-3-11-4/h1-3,9-10H,(H,7,8). The van der Waals surface area contributed by atoms with Crippen LogP contribution in [0.25, 0.3) is 0 Å². The molecule has 3 N–H and O–H groups in total. The van der Waals surface area contributed by atoms with E-state index in [0.717, 1.165) is 0 Å². The first kappa shape index (κ1) is 8.25. The third-order valence-corrected chi connectivity index (χ3v) is 1.87. The van der Waals surface area contributed by atoms with Gasteiger partial charge in [-0.15, -0.1) is 11.3 Å². The molecule has 58 valence electrons. The Morgan fingerprint density at radius 2 is 2.36 bits per heavy atom. The molecule has 0 saturated carbocycles. The number of amides is 1. The summed E-state index contributed by atoms with van der Waals surface area (Å²) in [4.78, 5) is 11.4. The van der Waals surface area contributed by atoms with Crippen LogP contribution in [0.15, 0.2) is 17.5 Å². The fraction of sp³-hybridized carbons (Fsp3) is 0. The van der Waals surface area contributed by atoms with Gasteiger partial charge < -0.3 is 15.3 Å². The summed E-state index contributed by atoms with van der Waals surface area (Å²) >= 11 is 1.24. The van der Waals surface area contributed by atoms with Crippen molar-refractivity contribution in [1.82, 2.24) is 5.23 Å². The molecular formula is C5H6BNO3S. The van der Waals surface area contributed by atoms with E-state index in [2.05, 4.69) is 0 Å². The van der Waals surface area contributed by atoms with E-state index in [-0.39, 0.29) is 0 Å². The maximum atomic E-state index is 10.9. The lowest BCUT2D eigenvalue weighted by molar-refractivity contribution is 0.0972. The third kappa shape index (κ3) is 2.34. The molecule has 6 heteroatoms. The molecule has 1 aromatic heterocycles. The Hall–Kier alpha value is -0.845. The minimum Gasteiger partial charge on any atom is -0.408 e. The van der Waals surface area contributed by atoms with E-state index < -0.39 is 13.2 Å². The predicted octanol–water partition coefficient (Wildman–Crippen LogP) is -0.553. The van der Waals surface area contributed by atoms with Gasteiger partial charge in [-0.1, -0.05) is 6.07 Å². The second-order valence-electron chi connectivity index (χ2n) is 1.82. The molecular weight excluding hydrogens is 165 g/mol. The van der Waals surface area contributed by atoms with Crippen LogP contribution in [0.5, 0.6) is 0 Å². The minimum absolute atomic E-state index is 0.457. The highest BCUT2D eigenvalue weighted by Gasteiger charge is 2.13. The summed E-state index contributed by atoms with van der Waals surface area (Å²) in [5.41, 5.74) is 0. The van der Waals surface area contributed by atoms with Crippen molar-refractivity contribution in [3.63, 3.8) is 0 Å². The molecule has 0 unspecified atom stereocenters.